The summed E-state index contributed by atoms with van der Waals surface area (Å²) in [7, 11) is 0. The van der Waals surface area contributed by atoms with Crippen LogP contribution in [0.4, 0.5) is 0 Å². The van der Waals surface area contributed by atoms with Gasteiger partial charge in [0.1, 0.15) is 6.10 Å². The summed E-state index contributed by atoms with van der Waals surface area (Å²) in [6, 6.07) is 7.80. The van der Waals surface area contributed by atoms with E-state index < -0.39 is 9.90 Å². The molecular weight excluding hydrogens is 254 g/mol. The third-order valence-electron chi connectivity index (χ3n) is 1.88. The van der Waals surface area contributed by atoms with E-state index >= 15 is 0 Å². The summed E-state index contributed by atoms with van der Waals surface area (Å²) in [6.07, 6.45) is 2.06. The lowest BCUT2D eigenvalue weighted by Crippen LogP contribution is -2.22. The molecular formula is C11H11Cl3O. The van der Waals surface area contributed by atoms with Crippen LogP contribution in [0, 0.1) is 6.92 Å². The van der Waals surface area contributed by atoms with Gasteiger partial charge in [-0.05, 0) is 12.5 Å². The van der Waals surface area contributed by atoms with E-state index in [1.807, 2.05) is 31.2 Å². The van der Waals surface area contributed by atoms with Gasteiger partial charge in [-0.25, -0.2) is 0 Å². The Morgan fingerprint density at radius 3 is 2.20 bits per heavy atom. The predicted octanol–water partition coefficient (Wildman–Crippen LogP) is 3.74. The van der Waals surface area contributed by atoms with Crippen LogP contribution in [0.15, 0.2) is 30.3 Å². The second-order valence-corrected chi connectivity index (χ2v) is 5.63. The van der Waals surface area contributed by atoms with E-state index in [2.05, 4.69) is 0 Å². The van der Waals surface area contributed by atoms with E-state index in [-0.39, 0.29) is 0 Å². The third kappa shape index (κ3) is 4.43. The van der Waals surface area contributed by atoms with E-state index in [4.69, 9.17) is 34.8 Å². The van der Waals surface area contributed by atoms with Gasteiger partial charge in [0.25, 0.3) is 0 Å². The highest BCUT2D eigenvalue weighted by Crippen LogP contribution is 2.31. The zero-order valence-electron chi connectivity index (χ0n) is 8.12. The van der Waals surface area contributed by atoms with Crippen molar-refractivity contribution in [3.63, 3.8) is 0 Å². The smallest absolute Gasteiger partial charge is 0.219 e. The molecule has 0 aliphatic carbocycles. The Bertz CT molecular complexity index is 338. The van der Waals surface area contributed by atoms with Crippen molar-refractivity contribution in [2.24, 2.45) is 0 Å². The molecule has 0 bridgehead atoms. The van der Waals surface area contributed by atoms with Crippen molar-refractivity contribution in [3.8, 4) is 0 Å². The van der Waals surface area contributed by atoms with Crippen molar-refractivity contribution in [3.05, 3.63) is 41.5 Å². The van der Waals surface area contributed by atoms with E-state index in [0.717, 1.165) is 5.56 Å². The summed E-state index contributed by atoms with van der Waals surface area (Å²) < 4.78 is -1.68. The van der Waals surface area contributed by atoms with Gasteiger partial charge < -0.3 is 5.11 Å². The van der Waals surface area contributed by atoms with Crippen LogP contribution in [0.3, 0.4) is 0 Å². The minimum Gasteiger partial charge on any atom is -0.385 e. The fourth-order valence-corrected chi connectivity index (χ4v) is 1.21. The molecule has 0 aliphatic heterocycles. The lowest BCUT2D eigenvalue weighted by atomic mass is 10.1. The molecule has 0 heterocycles. The monoisotopic (exact) mass is 264 g/mol. The molecule has 1 unspecified atom stereocenters. The summed E-state index contributed by atoms with van der Waals surface area (Å²) in [6.45, 7) is 2.00. The Morgan fingerprint density at radius 2 is 1.73 bits per heavy atom. The average Bonchev–Trinajstić information content (AvgIpc) is 2.15. The Morgan fingerprint density at radius 1 is 1.20 bits per heavy atom. The van der Waals surface area contributed by atoms with Crippen LogP contribution in [0.5, 0.6) is 0 Å². The fourth-order valence-electron chi connectivity index (χ4n) is 0.989. The van der Waals surface area contributed by atoms with Crippen LogP contribution in [-0.2, 0) is 0 Å². The summed E-state index contributed by atoms with van der Waals surface area (Å²) in [4.78, 5) is 0. The van der Waals surface area contributed by atoms with Crippen LogP contribution in [0.2, 0.25) is 0 Å². The van der Waals surface area contributed by atoms with Crippen molar-refractivity contribution >= 4 is 40.9 Å². The second-order valence-electron chi connectivity index (χ2n) is 3.26. The molecule has 0 amide bonds. The number of benzene rings is 1. The van der Waals surface area contributed by atoms with Crippen LogP contribution < -0.4 is 0 Å². The van der Waals surface area contributed by atoms with Gasteiger partial charge in [-0.15, -0.1) is 0 Å². The van der Waals surface area contributed by atoms with Gasteiger partial charge in [-0.2, -0.15) is 0 Å². The van der Waals surface area contributed by atoms with Crippen LogP contribution >= 0.6 is 34.8 Å². The number of aliphatic hydroxyl groups excluding tert-OH is 1. The normalized spacial score (nSPS) is 14.5. The number of hydrogen-bond acceptors (Lipinski definition) is 1. The van der Waals surface area contributed by atoms with Crippen LogP contribution in [0.1, 0.15) is 11.1 Å². The minimum atomic E-state index is -1.68. The van der Waals surface area contributed by atoms with Gasteiger partial charge in [0.2, 0.25) is 3.79 Å². The highest BCUT2D eigenvalue weighted by Gasteiger charge is 2.28. The molecule has 1 aromatic carbocycles. The molecule has 4 heteroatoms. The summed E-state index contributed by atoms with van der Waals surface area (Å²) in [5.74, 6) is 0. The number of halogens is 3. The standard InChI is InChI=1S/C11H11Cl3O/c1-8-2-4-9(5-3-8)6-7-10(15)11(12,13)14/h2-7,10,15H,1H3/b7-6+. The highest BCUT2D eigenvalue weighted by atomic mass is 35.6. The maximum absolute atomic E-state index is 9.42. The Balaban J connectivity index is 2.70. The summed E-state index contributed by atoms with van der Waals surface area (Å²) in [5, 5.41) is 9.42. The molecule has 1 nitrogen and oxygen atoms in total. The van der Waals surface area contributed by atoms with Crippen molar-refractivity contribution in [1.29, 1.82) is 0 Å². The van der Waals surface area contributed by atoms with Gasteiger partial charge in [-0.1, -0.05) is 76.8 Å². The first-order chi connectivity index (χ1) is 6.89. The van der Waals surface area contributed by atoms with Crippen LogP contribution in [-0.4, -0.2) is 15.0 Å². The molecule has 0 aromatic heterocycles. The van der Waals surface area contributed by atoms with Gasteiger partial charge in [0.15, 0.2) is 0 Å². The maximum Gasteiger partial charge on any atom is 0.219 e. The summed E-state index contributed by atoms with van der Waals surface area (Å²) >= 11 is 16.5. The van der Waals surface area contributed by atoms with Crippen LogP contribution in [0.25, 0.3) is 6.08 Å². The second kappa shape index (κ2) is 5.22. The topological polar surface area (TPSA) is 20.2 Å². The first-order valence-electron chi connectivity index (χ1n) is 4.39. The minimum absolute atomic E-state index is 0.953. The van der Waals surface area contributed by atoms with Crippen molar-refractivity contribution < 1.29 is 5.11 Å². The van der Waals surface area contributed by atoms with E-state index in [1.54, 1.807) is 6.08 Å². The van der Waals surface area contributed by atoms with Gasteiger partial charge in [0.05, 0.1) is 0 Å². The number of rotatable bonds is 2. The average molecular weight is 266 g/mol. The highest BCUT2D eigenvalue weighted by molar-refractivity contribution is 6.68. The zero-order chi connectivity index (χ0) is 11.5. The molecule has 0 fully saturated rings. The quantitative estimate of drug-likeness (QED) is 0.808. The Hall–Kier alpha value is -0.210. The molecule has 1 aromatic rings. The first-order valence-corrected chi connectivity index (χ1v) is 5.52. The molecule has 0 spiro atoms. The van der Waals surface area contributed by atoms with Gasteiger partial charge in [-0.3, -0.25) is 0 Å². The fraction of sp³-hybridized carbons (Fsp3) is 0.273. The predicted molar refractivity (Wildman–Crippen MR) is 66.5 cm³/mol. The lowest BCUT2D eigenvalue weighted by molar-refractivity contribution is 0.228. The molecule has 82 valence electrons. The maximum atomic E-state index is 9.42. The SMILES string of the molecule is Cc1ccc(/C=C/C(O)C(Cl)(Cl)Cl)cc1. The molecule has 15 heavy (non-hydrogen) atoms. The van der Waals surface area contributed by atoms with E-state index in [0.29, 0.717) is 0 Å². The number of aryl methyl sites for hydroxylation is 1. The third-order valence-corrected chi connectivity index (χ3v) is 2.55. The molecule has 1 atom stereocenters. The Labute approximate surface area is 104 Å². The molecule has 0 saturated heterocycles. The van der Waals surface area contributed by atoms with Crippen molar-refractivity contribution in [2.45, 2.75) is 16.8 Å². The zero-order valence-corrected chi connectivity index (χ0v) is 10.4. The largest absolute Gasteiger partial charge is 0.385 e. The number of hydrogen-bond donors (Lipinski definition) is 1. The van der Waals surface area contributed by atoms with E-state index in [1.165, 1.54) is 11.6 Å². The number of alkyl halides is 3. The summed E-state index contributed by atoms with van der Waals surface area (Å²) in [5.41, 5.74) is 2.13. The Kier molecular flexibility index (Phi) is 4.47. The lowest BCUT2D eigenvalue weighted by Gasteiger charge is -2.14. The molecule has 0 saturated carbocycles. The number of aliphatic hydroxyl groups is 1. The van der Waals surface area contributed by atoms with Crippen molar-refractivity contribution in [2.75, 3.05) is 0 Å². The van der Waals surface area contributed by atoms with Gasteiger partial charge >= 0.3 is 0 Å². The van der Waals surface area contributed by atoms with E-state index in [9.17, 15) is 5.11 Å². The van der Waals surface area contributed by atoms with Crippen molar-refractivity contribution in [1.82, 2.24) is 0 Å². The first kappa shape index (κ1) is 12.9. The molecule has 1 N–H and O–H groups in total. The van der Waals surface area contributed by atoms with Gasteiger partial charge in [0, 0.05) is 0 Å². The molecule has 0 aliphatic rings. The molecule has 0 radical (unpaired) electrons. The molecule has 1 rings (SSSR count).